The van der Waals surface area contributed by atoms with Gasteiger partial charge >= 0.3 is 5.97 Å². The number of aliphatic carboxylic acids is 1. The summed E-state index contributed by atoms with van der Waals surface area (Å²) in [6, 6.07) is 0. The van der Waals surface area contributed by atoms with Gasteiger partial charge in [-0.3, -0.25) is 4.98 Å². The number of carbonyl (C=O) groups is 1. The molecule has 0 aliphatic heterocycles. The molecule has 13 heavy (non-hydrogen) atoms. The second-order valence-electron chi connectivity index (χ2n) is 2.96. The van der Waals surface area contributed by atoms with Crippen LogP contribution in [-0.2, 0) is 4.79 Å². The maximum Gasteiger partial charge on any atom is 0.347 e. The number of hydrogen-bond acceptors (Lipinski definition) is 4. The smallest absolute Gasteiger partial charge is 0.347 e. The lowest BCUT2D eigenvalue weighted by Gasteiger charge is -2.19. The first-order chi connectivity index (χ1) is 6.02. The van der Waals surface area contributed by atoms with Gasteiger partial charge in [-0.25, -0.2) is 9.78 Å². The van der Waals surface area contributed by atoms with Crippen LogP contribution in [0.5, 0.6) is 5.88 Å². The highest BCUT2D eigenvalue weighted by molar-refractivity contribution is 5.76. The van der Waals surface area contributed by atoms with E-state index in [1.54, 1.807) is 0 Å². The van der Waals surface area contributed by atoms with Crippen LogP contribution in [0.15, 0.2) is 18.6 Å². The van der Waals surface area contributed by atoms with Crippen molar-refractivity contribution in [1.82, 2.24) is 9.97 Å². The Kier molecular flexibility index (Phi) is 2.46. The SMILES string of the molecule is CC(C)(Oc1cnccn1)C(=O)O. The molecule has 5 nitrogen and oxygen atoms in total. The second-order valence-corrected chi connectivity index (χ2v) is 2.96. The summed E-state index contributed by atoms with van der Waals surface area (Å²) in [7, 11) is 0. The lowest BCUT2D eigenvalue weighted by atomic mass is 10.1. The molecule has 1 aromatic heterocycles. The fourth-order valence-corrected chi connectivity index (χ4v) is 0.643. The van der Waals surface area contributed by atoms with Crippen molar-refractivity contribution in [2.45, 2.75) is 19.4 Å². The Morgan fingerprint density at radius 3 is 2.69 bits per heavy atom. The fraction of sp³-hybridized carbons (Fsp3) is 0.375. The van der Waals surface area contributed by atoms with Crippen LogP contribution in [0.4, 0.5) is 0 Å². The maximum absolute atomic E-state index is 10.7. The highest BCUT2D eigenvalue weighted by Crippen LogP contribution is 2.13. The summed E-state index contributed by atoms with van der Waals surface area (Å²) < 4.78 is 5.09. The summed E-state index contributed by atoms with van der Waals surface area (Å²) >= 11 is 0. The van der Waals surface area contributed by atoms with Crippen LogP contribution in [0.3, 0.4) is 0 Å². The van der Waals surface area contributed by atoms with Crippen LogP contribution in [0.1, 0.15) is 13.8 Å². The quantitative estimate of drug-likeness (QED) is 0.745. The van der Waals surface area contributed by atoms with Gasteiger partial charge in [-0.1, -0.05) is 0 Å². The standard InChI is InChI=1S/C8H10N2O3/c1-8(2,7(11)12)13-6-5-9-3-4-10-6/h3-5H,1-2H3,(H,11,12). The number of carboxylic acid groups (broad SMARTS) is 1. The third kappa shape index (κ3) is 2.40. The highest BCUT2D eigenvalue weighted by atomic mass is 16.5. The van der Waals surface area contributed by atoms with Gasteiger partial charge in [0.1, 0.15) is 0 Å². The number of nitrogens with zero attached hydrogens (tertiary/aromatic N) is 2. The van der Waals surface area contributed by atoms with Crippen molar-refractivity contribution in [2.75, 3.05) is 0 Å². The van der Waals surface area contributed by atoms with Gasteiger partial charge in [-0.15, -0.1) is 0 Å². The van der Waals surface area contributed by atoms with Gasteiger partial charge in [0.25, 0.3) is 0 Å². The maximum atomic E-state index is 10.7. The molecule has 0 atom stereocenters. The molecule has 0 saturated heterocycles. The first-order valence-corrected chi connectivity index (χ1v) is 3.71. The zero-order valence-corrected chi connectivity index (χ0v) is 7.39. The van der Waals surface area contributed by atoms with Crippen molar-refractivity contribution >= 4 is 5.97 Å². The Labute approximate surface area is 75.4 Å². The summed E-state index contributed by atoms with van der Waals surface area (Å²) in [5.41, 5.74) is -1.28. The summed E-state index contributed by atoms with van der Waals surface area (Å²) in [5, 5.41) is 8.73. The van der Waals surface area contributed by atoms with Crippen LogP contribution in [0.25, 0.3) is 0 Å². The number of ether oxygens (including phenoxy) is 1. The van der Waals surface area contributed by atoms with Crippen LogP contribution >= 0.6 is 0 Å². The number of aromatic nitrogens is 2. The number of hydrogen-bond donors (Lipinski definition) is 1. The molecule has 0 spiro atoms. The summed E-state index contributed by atoms with van der Waals surface area (Å²) in [6.45, 7) is 2.90. The van der Waals surface area contributed by atoms with Crippen molar-refractivity contribution in [1.29, 1.82) is 0 Å². The molecule has 0 unspecified atom stereocenters. The van der Waals surface area contributed by atoms with E-state index in [2.05, 4.69) is 9.97 Å². The van der Waals surface area contributed by atoms with Gasteiger partial charge in [0.2, 0.25) is 11.5 Å². The molecule has 0 radical (unpaired) electrons. The zero-order chi connectivity index (χ0) is 9.90. The molecular formula is C8H10N2O3. The van der Waals surface area contributed by atoms with Gasteiger partial charge in [-0.2, -0.15) is 0 Å². The van der Waals surface area contributed by atoms with Gasteiger partial charge < -0.3 is 9.84 Å². The van der Waals surface area contributed by atoms with Crippen molar-refractivity contribution in [3.63, 3.8) is 0 Å². The molecule has 0 aliphatic carbocycles. The first kappa shape index (κ1) is 9.44. The molecule has 1 N–H and O–H groups in total. The van der Waals surface area contributed by atoms with E-state index in [0.717, 1.165) is 0 Å². The fourth-order valence-electron chi connectivity index (χ4n) is 0.643. The molecule has 0 saturated carbocycles. The minimum atomic E-state index is -1.28. The van der Waals surface area contributed by atoms with Gasteiger partial charge in [0.05, 0.1) is 6.20 Å². The van der Waals surface area contributed by atoms with Crippen LogP contribution in [0.2, 0.25) is 0 Å². The predicted octanol–water partition coefficient (Wildman–Crippen LogP) is 0.719. The first-order valence-electron chi connectivity index (χ1n) is 3.71. The molecule has 0 amide bonds. The normalized spacial score (nSPS) is 10.9. The van der Waals surface area contributed by atoms with E-state index in [9.17, 15) is 4.79 Å². The molecule has 0 bridgehead atoms. The summed E-state index contributed by atoms with van der Waals surface area (Å²) in [5.74, 6) is -0.840. The highest BCUT2D eigenvalue weighted by Gasteiger charge is 2.29. The monoisotopic (exact) mass is 182 g/mol. The van der Waals surface area contributed by atoms with E-state index in [4.69, 9.17) is 9.84 Å². The van der Waals surface area contributed by atoms with Crippen LogP contribution < -0.4 is 4.74 Å². The van der Waals surface area contributed by atoms with Crippen molar-refractivity contribution in [2.24, 2.45) is 0 Å². The van der Waals surface area contributed by atoms with E-state index < -0.39 is 11.6 Å². The average Bonchev–Trinajstić information content (AvgIpc) is 2.05. The third-order valence-electron chi connectivity index (χ3n) is 1.41. The number of rotatable bonds is 3. The molecule has 0 aromatic carbocycles. The second kappa shape index (κ2) is 3.38. The molecular weight excluding hydrogens is 172 g/mol. The Morgan fingerprint density at radius 1 is 1.54 bits per heavy atom. The van der Waals surface area contributed by atoms with E-state index in [0.29, 0.717) is 0 Å². The Bertz CT molecular complexity index is 298. The molecule has 0 fully saturated rings. The van der Waals surface area contributed by atoms with Gasteiger partial charge in [0, 0.05) is 12.4 Å². The Morgan fingerprint density at radius 2 is 2.23 bits per heavy atom. The van der Waals surface area contributed by atoms with E-state index in [1.807, 2.05) is 0 Å². The molecule has 5 heteroatoms. The van der Waals surface area contributed by atoms with E-state index in [1.165, 1.54) is 32.4 Å². The van der Waals surface area contributed by atoms with Gasteiger partial charge in [0.15, 0.2) is 0 Å². The molecule has 1 heterocycles. The molecule has 1 aromatic rings. The van der Waals surface area contributed by atoms with E-state index in [-0.39, 0.29) is 5.88 Å². The summed E-state index contributed by atoms with van der Waals surface area (Å²) in [4.78, 5) is 18.2. The van der Waals surface area contributed by atoms with Crippen LogP contribution in [-0.4, -0.2) is 26.6 Å². The zero-order valence-electron chi connectivity index (χ0n) is 7.39. The average molecular weight is 182 g/mol. The van der Waals surface area contributed by atoms with Crippen molar-refractivity contribution in [3.05, 3.63) is 18.6 Å². The number of carboxylic acids is 1. The topological polar surface area (TPSA) is 72.3 Å². The molecule has 1 rings (SSSR count). The largest absolute Gasteiger partial charge is 0.478 e. The predicted molar refractivity (Wildman–Crippen MR) is 44.4 cm³/mol. The Hall–Kier alpha value is -1.65. The van der Waals surface area contributed by atoms with Crippen LogP contribution in [0, 0.1) is 0 Å². The lowest BCUT2D eigenvalue weighted by molar-refractivity contribution is -0.152. The third-order valence-corrected chi connectivity index (χ3v) is 1.41. The molecule has 70 valence electrons. The lowest BCUT2D eigenvalue weighted by Crippen LogP contribution is -2.38. The van der Waals surface area contributed by atoms with Gasteiger partial charge in [-0.05, 0) is 13.8 Å². The Balaban J connectivity index is 2.75. The van der Waals surface area contributed by atoms with Crippen molar-refractivity contribution in [3.8, 4) is 5.88 Å². The van der Waals surface area contributed by atoms with E-state index >= 15 is 0 Å². The molecule has 0 aliphatic rings. The van der Waals surface area contributed by atoms with Crippen molar-refractivity contribution < 1.29 is 14.6 Å². The summed E-state index contributed by atoms with van der Waals surface area (Å²) in [6.07, 6.45) is 4.29. The minimum Gasteiger partial charge on any atom is -0.478 e. The minimum absolute atomic E-state index is 0.204.